The molecule has 104 valence electrons. The molecule has 8 heteroatoms. The van der Waals surface area contributed by atoms with Gasteiger partial charge in [0.05, 0.1) is 11.6 Å². The van der Waals surface area contributed by atoms with E-state index in [9.17, 15) is 19.5 Å². The molecule has 0 radical (unpaired) electrons. The number of carbonyl (C=O) groups is 2. The smallest absolute Gasteiger partial charge is 0.349 e. The summed E-state index contributed by atoms with van der Waals surface area (Å²) in [6.07, 6.45) is 0. The molecule has 2 aromatic rings. The normalized spacial score (nSPS) is 10.4. The van der Waals surface area contributed by atoms with Crippen molar-refractivity contribution in [2.24, 2.45) is 5.73 Å². The Morgan fingerprint density at radius 3 is 2.70 bits per heavy atom. The highest BCUT2D eigenvalue weighted by Crippen LogP contribution is 2.28. The number of primary amides is 1. The summed E-state index contributed by atoms with van der Waals surface area (Å²) in [5.74, 6) is -1.77. The molecule has 0 aliphatic heterocycles. The quantitative estimate of drug-likeness (QED) is 0.706. The average Bonchev–Trinajstić information content (AvgIpc) is 2.37. The number of nitrogens with one attached hydrogen (secondary N) is 1. The SMILES string of the molecule is NC(=O)CNC(=O)c1cc2cc(Cl)c(O)cc2oc1=O. The number of aromatic hydroxyl groups is 1. The van der Waals surface area contributed by atoms with Crippen molar-refractivity contribution in [3.8, 4) is 5.75 Å². The van der Waals surface area contributed by atoms with E-state index in [-0.39, 0.29) is 21.9 Å². The molecule has 0 aliphatic rings. The van der Waals surface area contributed by atoms with Crippen molar-refractivity contribution in [2.45, 2.75) is 0 Å². The van der Waals surface area contributed by atoms with Crippen LogP contribution in [0.25, 0.3) is 11.0 Å². The number of phenolic OH excluding ortho intramolecular Hbond substituents is 1. The Kier molecular flexibility index (Phi) is 3.62. The summed E-state index contributed by atoms with van der Waals surface area (Å²) < 4.78 is 4.91. The lowest BCUT2D eigenvalue weighted by molar-refractivity contribution is -0.117. The van der Waals surface area contributed by atoms with Crippen molar-refractivity contribution in [1.82, 2.24) is 5.32 Å². The second-order valence-corrected chi connectivity index (χ2v) is 4.35. The fourth-order valence-corrected chi connectivity index (χ4v) is 1.72. The van der Waals surface area contributed by atoms with E-state index in [1.165, 1.54) is 18.2 Å². The zero-order chi connectivity index (χ0) is 14.9. The first-order valence-corrected chi connectivity index (χ1v) is 5.79. The second kappa shape index (κ2) is 5.22. The molecule has 0 saturated heterocycles. The van der Waals surface area contributed by atoms with Crippen molar-refractivity contribution >= 4 is 34.4 Å². The Bertz CT molecular complexity index is 768. The molecule has 7 nitrogen and oxygen atoms in total. The van der Waals surface area contributed by atoms with Crippen LogP contribution in [0, 0.1) is 0 Å². The van der Waals surface area contributed by atoms with E-state index in [4.69, 9.17) is 21.8 Å². The number of phenols is 1. The Hall–Kier alpha value is -2.54. The van der Waals surface area contributed by atoms with Crippen molar-refractivity contribution in [2.75, 3.05) is 6.54 Å². The fourth-order valence-electron chi connectivity index (χ4n) is 1.55. The van der Waals surface area contributed by atoms with E-state index in [2.05, 4.69) is 5.32 Å². The molecule has 2 amide bonds. The first-order valence-electron chi connectivity index (χ1n) is 5.41. The van der Waals surface area contributed by atoms with Crippen molar-refractivity contribution in [1.29, 1.82) is 0 Å². The lowest BCUT2D eigenvalue weighted by Crippen LogP contribution is -2.35. The van der Waals surface area contributed by atoms with Crippen LogP contribution in [0.4, 0.5) is 0 Å². The van der Waals surface area contributed by atoms with Crippen LogP contribution in [0.1, 0.15) is 10.4 Å². The zero-order valence-corrected chi connectivity index (χ0v) is 10.7. The minimum Gasteiger partial charge on any atom is -0.506 e. The third kappa shape index (κ3) is 2.72. The van der Waals surface area contributed by atoms with E-state index >= 15 is 0 Å². The molecule has 1 aromatic heterocycles. The Balaban J connectivity index is 2.47. The van der Waals surface area contributed by atoms with Gasteiger partial charge in [0.15, 0.2) is 0 Å². The highest BCUT2D eigenvalue weighted by molar-refractivity contribution is 6.32. The Labute approximate surface area is 116 Å². The Morgan fingerprint density at radius 1 is 1.35 bits per heavy atom. The monoisotopic (exact) mass is 296 g/mol. The minimum atomic E-state index is -0.902. The fraction of sp³-hybridized carbons (Fsp3) is 0.0833. The molecule has 0 saturated carbocycles. The van der Waals surface area contributed by atoms with Gasteiger partial charge in [-0.1, -0.05) is 11.6 Å². The molecular formula is C12H9ClN2O5. The summed E-state index contributed by atoms with van der Waals surface area (Å²) in [6.45, 7) is -0.396. The van der Waals surface area contributed by atoms with Crippen LogP contribution in [0.3, 0.4) is 0 Å². The van der Waals surface area contributed by atoms with Gasteiger partial charge < -0.3 is 20.6 Å². The summed E-state index contributed by atoms with van der Waals surface area (Å²) >= 11 is 5.73. The van der Waals surface area contributed by atoms with E-state index < -0.39 is 24.0 Å². The van der Waals surface area contributed by atoms with Gasteiger partial charge >= 0.3 is 5.63 Å². The highest BCUT2D eigenvalue weighted by atomic mass is 35.5. The maximum absolute atomic E-state index is 11.7. The lowest BCUT2D eigenvalue weighted by atomic mass is 10.1. The van der Waals surface area contributed by atoms with Crippen LogP contribution in [-0.2, 0) is 4.79 Å². The first-order chi connectivity index (χ1) is 9.38. The summed E-state index contributed by atoms with van der Waals surface area (Å²) in [5.41, 5.74) is 3.78. The van der Waals surface area contributed by atoms with Crippen molar-refractivity contribution in [3.63, 3.8) is 0 Å². The van der Waals surface area contributed by atoms with E-state index in [0.29, 0.717) is 5.39 Å². The topological polar surface area (TPSA) is 123 Å². The van der Waals surface area contributed by atoms with Gasteiger partial charge in [0.25, 0.3) is 5.91 Å². The number of rotatable bonds is 3. The molecular weight excluding hydrogens is 288 g/mol. The first kappa shape index (κ1) is 13.9. The number of hydrogen-bond acceptors (Lipinski definition) is 5. The van der Waals surface area contributed by atoms with Gasteiger partial charge in [-0.3, -0.25) is 9.59 Å². The van der Waals surface area contributed by atoms with Crippen LogP contribution >= 0.6 is 11.6 Å². The number of halogens is 1. The van der Waals surface area contributed by atoms with Gasteiger partial charge in [0.2, 0.25) is 5.91 Å². The molecule has 0 spiro atoms. The molecule has 0 bridgehead atoms. The number of benzene rings is 1. The van der Waals surface area contributed by atoms with Crippen molar-refractivity contribution < 1.29 is 19.1 Å². The predicted octanol–water partition coefficient (Wildman–Crippen LogP) is 0.367. The molecule has 0 aliphatic carbocycles. The largest absolute Gasteiger partial charge is 0.506 e. The molecule has 20 heavy (non-hydrogen) atoms. The van der Waals surface area contributed by atoms with E-state index in [1.54, 1.807) is 0 Å². The Morgan fingerprint density at radius 2 is 2.05 bits per heavy atom. The molecule has 4 N–H and O–H groups in total. The highest BCUT2D eigenvalue weighted by Gasteiger charge is 2.15. The summed E-state index contributed by atoms with van der Waals surface area (Å²) in [6, 6.07) is 3.77. The van der Waals surface area contributed by atoms with Crippen molar-refractivity contribution in [3.05, 3.63) is 39.2 Å². The third-order valence-electron chi connectivity index (χ3n) is 2.47. The standard InChI is InChI=1S/C12H9ClN2O5/c13-7-2-5-1-6(11(18)15-4-10(14)17)12(19)20-9(5)3-8(7)16/h1-3,16H,4H2,(H2,14,17)(H,15,18). The van der Waals surface area contributed by atoms with Crippen LogP contribution in [-0.4, -0.2) is 23.5 Å². The van der Waals surface area contributed by atoms with Gasteiger partial charge in [-0.2, -0.15) is 0 Å². The zero-order valence-electron chi connectivity index (χ0n) is 9.97. The van der Waals surface area contributed by atoms with E-state index in [0.717, 1.165) is 0 Å². The average molecular weight is 297 g/mol. The van der Waals surface area contributed by atoms with Crippen LogP contribution in [0.5, 0.6) is 5.75 Å². The number of fused-ring (bicyclic) bond motifs is 1. The molecule has 0 unspecified atom stereocenters. The van der Waals surface area contributed by atoms with Crippen LogP contribution in [0.15, 0.2) is 27.4 Å². The third-order valence-corrected chi connectivity index (χ3v) is 2.77. The van der Waals surface area contributed by atoms with Gasteiger partial charge in [0.1, 0.15) is 16.9 Å². The molecule has 1 heterocycles. The predicted molar refractivity (Wildman–Crippen MR) is 70.7 cm³/mol. The summed E-state index contributed by atoms with van der Waals surface area (Å²) in [5, 5.41) is 12.0. The number of amides is 2. The number of carbonyl (C=O) groups excluding carboxylic acids is 2. The molecule has 2 rings (SSSR count). The molecule has 0 atom stereocenters. The molecule has 1 aromatic carbocycles. The maximum Gasteiger partial charge on any atom is 0.349 e. The van der Waals surface area contributed by atoms with Gasteiger partial charge in [-0.25, -0.2) is 4.79 Å². The number of hydrogen-bond donors (Lipinski definition) is 3. The maximum atomic E-state index is 11.7. The van der Waals surface area contributed by atoms with Crippen LogP contribution < -0.4 is 16.7 Å². The second-order valence-electron chi connectivity index (χ2n) is 3.94. The van der Waals surface area contributed by atoms with Gasteiger partial charge in [-0.15, -0.1) is 0 Å². The van der Waals surface area contributed by atoms with E-state index in [1.807, 2.05) is 0 Å². The minimum absolute atomic E-state index is 0.0508. The summed E-state index contributed by atoms with van der Waals surface area (Å²) in [7, 11) is 0. The number of nitrogens with two attached hydrogens (primary N) is 1. The van der Waals surface area contributed by atoms with Gasteiger partial charge in [-0.05, 0) is 12.1 Å². The van der Waals surface area contributed by atoms with Crippen LogP contribution in [0.2, 0.25) is 5.02 Å². The lowest BCUT2D eigenvalue weighted by Gasteiger charge is -2.04. The van der Waals surface area contributed by atoms with Gasteiger partial charge in [0, 0.05) is 11.5 Å². The summed E-state index contributed by atoms with van der Waals surface area (Å²) in [4.78, 5) is 33.9. The molecule has 0 fully saturated rings.